The van der Waals surface area contributed by atoms with E-state index in [1.165, 1.54) is 19.2 Å². The molecule has 0 aromatic heterocycles. The summed E-state index contributed by atoms with van der Waals surface area (Å²) in [5.74, 6) is 0. The molecule has 7 nitrogen and oxygen atoms in total. The van der Waals surface area contributed by atoms with Crippen LogP contribution in [-0.2, 0) is 13.6 Å². The zero-order chi connectivity index (χ0) is 15.6. The Morgan fingerprint density at radius 1 is 1.35 bits per heavy atom. The van der Waals surface area contributed by atoms with Gasteiger partial charge in [-0.3, -0.25) is 9.88 Å². The summed E-state index contributed by atoms with van der Waals surface area (Å²) in [5, 5.41) is 11.8. The Morgan fingerprint density at radius 2 is 1.85 bits per heavy atom. The van der Waals surface area contributed by atoms with Crippen LogP contribution in [0.25, 0.3) is 0 Å². The molecule has 0 aromatic rings. The SMILES string of the molecule is CCOP(=O)(OCC)C1=CNC(=O)NC1(O)C(F)(F)F. The number of urea groups is 1. The Bertz CT molecular complexity index is 457. The largest absolute Gasteiger partial charge is 0.441 e. The molecule has 1 heterocycles. The molecule has 1 rings (SSSR count). The van der Waals surface area contributed by atoms with Crippen LogP contribution in [0.15, 0.2) is 11.5 Å². The first kappa shape index (κ1) is 17.0. The second-order valence-corrected chi connectivity index (χ2v) is 5.66. The molecule has 1 aliphatic rings. The van der Waals surface area contributed by atoms with E-state index < -0.39 is 30.8 Å². The lowest BCUT2D eigenvalue weighted by atomic mass is 10.2. The van der Waals surface area contributed by atoms with Crippen LogP contribution in [0.2, 0.25) is 0 Å². The van der Waals surface area contributed by atoms with Crippen LogP contribution in [0.5, 0.6) is 0 Å². The fraction of sp³-hybridized carbons (Fsp3) is 0.667. The maximum absolute atomic E-state index is 13.0. The second-order valence-electron chi connectivity index (χ2n) is 3.67. The predicted molar refractivity (Wildman–Crippen MR) is 61.6 cm³/mol. The Kier molecular flexibility index (Phi) is 4.86. The van der Waals surface area contributed by atoms with Gasteiger partial charge in [-0.25, -0.2) is 4.79 Å². The summed E-state index contributed by atoms with van der Waals surface area (Å²) in [6.45, 7) is 2.37. The van der Waals surface area contributed by atoms with Gasteiger partial charge in [0.15, 0.2) is 0 Å². The van der Waals surface area contributed by atoms with E-state index in [1.54, 1.807) is 0 Å². The molecule has 0 saturated heterocycles. The first-order valence-electron chi connectivity index (χ1n) is 5.58. The fourth-order valence-electron chi connectivity index (χ4n) is 1.51. The molecule has 0 saturated carbocycles. The van der Waals surface area contributed by atoms with Crippen LogP contribution in [-0.4, -0.2) is 36.3 Å². The van der Waals surface area contributed by atoms with Crippen LogP contribution in [0, 0.1) is 0 Å². The lowest BCUT2D eigenvalue weighted by molar-refractivity contribution is -0.250. The van der Waals surface area contributed by atoms with Crippen molar-refractivity contribution in [3.63, 3.8) is 0 Å². The van der Waals surface area contributed by atoms with E-state index in [9.17, 15) is 27.6 Å². The lowest BCUT2D eigenvalue weighted by Gasteiger charge is -2.37. The zero-order valence-electron chi connectivity index (χ0n) is 10.7. The molecule has 0 aliphatic carbocycles. The van der Waals surface area contributed by atoms with E-state index in [2.05, 4.69) is 0 Å². The predicted octanol–water partition coefficient (Wildman–Crippen LogP) is 1.66. The van der Waals surface area contributed by atoms with Gasteiger partial charge in [-0.05, 0) is 13.8 Å². The molecule has 0 bridgehead atoms. The van der Waals surface area contributed by atoms with Gasteiger partial charge >= 0.3 is 19.8 Å². The molecule has 116 valence electrons. The minimum absolute atomic E-state index is 0.212. The van der Waals surface area contributed by atoms with Gasteiger partial charge in [-0.1, -0.05) is 0 Å². The maximum atomic E-state index is 13.0. The molecule has 3 N–H and O–H groups in total. The second kappa shape index (κ2) is 5.72. The highest BCUT2D eigenvalue weighted by Gasteiger charge is 2.64. The van der Waals surface area contributed by atoms with Crippen LogP contribution < -0.4 is 10.6 Å². The smallest absolute Gasteiger partial charge is 0.360 e. The highest BCUT2D eigenvalue weighted by molar-refractivity contribution is 7.58. The fourth-order valence-corrected chi connectivity index (χ4v) is 3.35. The monoisotopic (exact) mass is 318 g/mol. The Morgan fingerprint density at radius 3 is 2.25 bits per heavy atom. The van der Waals surface area contributed by atoms with Gasteiger partial charge in [0, 0.05) is 6.20 Å². The molecule has 0 spiro atoms. The number of carbonyl (C=O) groups is 1. The third-order valence-corrected chi connectivity index (χ3v) is 4.55. The molecular formula is C9H14F3N2O5P. The average Bonchev–Trinajstić information content (AvgIpc) is 2.27. The molecule has 2 amide bonds. The Balaban J connectivity index is 3.36. The van der Waals surface area contributed by atoms with Crippen molar-refractivity contribution >= 4 is 13.6 Å². The number of aliphatic hydroxyl groups is 1. The normalized spacial score (nSPS) is 23.9. The van der Waals surface area contributed by atoms with E-state index in [0.29, 0.717) is 6.20 Å². The van der Waals surface area contributed by atoms with Gasteiger partial charge in [-0.2, -0.15) is 13.2 Å². The first-order valence-corrected chi connectivity index (χ1v) is 7.13. The number of halogens is 3. The molecule has 1 atom stereocenters. The molecule has 11 heteroatoms. The standard InChI is InChI=1S/C9H14F3N2O5P/c1-3-18-20(17,19-4-2)6-5-13-7(15)14-8(6,16)9(10,11)12/h5,16H,3-4H2,1-2H3,(H2,13,14,15). The van der Waals surface area contributed by atoms with Gasteiger partial charge in [0.05, 0.1) is 13.2 Å². The summed E-state index contributed by atoms with van der Waals surface area (Å²) in [5.41, 5.74) is -3.82. The number of hydrogen-bond donors (Lipinski definition) is 3. The van der Waals surface area contributed by atoms with E-state index in [0.717, 1.165) is 0 Å². The lowest BCUT2D eigenvalue weighted by Crippen LogP contribution is -2.64. The van der Waals surface area contributed by atoms with Gasteiger partial charge in [0.1, 0.15) is 5.31 Å². The summed E-state index contributed by atoms with van der Waals surface area (Å²) in [7, 11) is -4.43. The van der Waals surface area contributed by atoms with E-state index in [-0.39, 0.29) is 13.2 Å². The number of hydrogen-bond acceptors (Lipinski definition) is 5. The van der Waals surface area contributed by atoms with Crippen molar-refractivity contribution in [3.8, 4) is 0 Å². The quantitative estimate of drug-likeness (QED) is 0.670. The van der Waals surface area contributed by atoms with Gasteiger partial charge in [0.25, 0.3) is 5.72 Å². The summed E-state index contributed by atoms with van der Waals surface area (Å²) in [4.78, 5) is 11.0. The molecule has 1 unspecified atom stereocenters. The Labute approximate surface area is 112 Å². The van der Waals surface area contributed by atoms with Gasteiger partial charge in [-0.15, -0.1) is 0 Å². The maximum Gasteiger partial charge on any atom is 0.441 e. The van der Waals surface area contributed by atoms with Crippen molar-refractivity contribution in [3.05, 3.63) is 11.5 Å². The third-order valence-electron chi connectivity index (χ3n) is 2.31. The van der Waals surface area contributed by atoms with Crippen molar-refractivity contribution in [1.82, 2.24) is 10.6 Å². The molecule has 0 aromatic carbocycles. The number of alkyl halides is 3. The summed E-state index contributed by atoms with van der Waals surface area (Å²) >= 11 is 0. The minimum Gasteiger partial charge on any atom is -0.360 e. The van der Waals surface area contributed by atoms with Gasteiger partial charge < -0.3 is 19.5 Å². The van der Waals surface area contributed by atoms with Crippen molar-refractivity contribution < 1.29 is 36.7 Å². The summed E-state index contributed by atoms with van der Waals surface area (Å²) in [6, 6.07) is -1.30. The topological polar surface area (TPSA) is 96.9 Å². The van der Waals surface area contributed by atoms with E-state index in [1.807, 2.05) is 5.32 Å². The highest BCUT2D eigenvalue weighted by Crippen LogP contribution is 2.61. The molecule has 20 heavy (non-hydrogen) atoms. The Hall–Kier alpha value is -1.09. The highest BCUT2D eigenvalue weighted by atomic mass is 31.2. The average molecular weight is 318 g/mol. The molecule has 0 radical (unpaired) electrons. The number of carbonyl (C=O) groups excluding carboxylic acids is 1. The van der Waals surface area contributed by atoms with Crippen molar-refractivity contribution in [2.75, 3.05) is 13.2 Å². The van der Waals surface area contributed by atoms with Crippen molar-refractivity contribution in [1.29, 1.82) is 0 Å². The van der Waals surface area contributed by atoms with E-state index >= 15 is 0 Å². The van der Waals surface area contributed by atoms with Crippen molar-refractivity contribution in [2.45, 2.75) is 25.7 Å². The number of nitrogens with one attached hydrogen (secondary N) is 2. The van der Waals surface area contributed by atoms with Crippen LogP contribution in [0.1, 0.15) is 13.8 Å². The van der Waals surface area contributed by atoms with Crippen LogP contribution >= 0.6 is 7.60 Å². The number of amides is 2. The summed E-state index contributed by atoms with van der Waals surface area (Å²) in [6.07, 6.45) is -4.82. The van der Waals surface area contributed by atoms with Crippen LogP contribution in [0.3, 0.4) is 0 Å². The molecule has 0 fully saturated rings. The number of rotatable bonds is 5. The third kappa shape index (κ3) is 2.98. The van der Waals surface area contributed by atoms with E-state index in [4.69, 9.17) is 9.05 Å². The minimum atomic E-state index is -5.31. The molecule has 1 aliphatic heterocycles. The molecular weight excluding hydrogens is 304 g/mol. The first-order chi connectivity index (χ1) is 9.10. The van der Waals surface area contributed by atoms with Crippen LogP contribution in [0.4, 0.5) is 18.0 Å². The summed E-state index contributed by atoms with van der Waals surface area (Å²) < 4.78 is 60.9. The van der Waals surface area contributed by atoms with Crippen molar-refractivity contribution in [2.24, 2.45) is 0 Å². The van der Waals surface area contributed by atoms with Gasteiger partial charge in [0.2, 0.25) is 0 Å². The zero-order valence-corrected chi connectivity index (χ0v) is 11.5.